The molecule has 3 rings (SSSR count). The van der Waals surface area contributed by atoms with E-state index >= 15 is 0 Å². The van der Waals surface area contributed by atoms with Gasteiger partial charge in [0.1, 0.15) is 5.49 Å². The van der Waals surface area contributed by atoms with Crippen LogP contribution < -0.4 is 16.6 Å². The Labute approximate surface area is 145 Å². The molecule has 0 aliphatic carbocycles. The second-order valence-corrected chi connectivity index (χ2v) is 5.81. The van der Waals surface area contributed by atoms with Gasteiger partial charge in [0, 0.05) is 42.1 Å². The molecule has 121 valence electrons. The van der Waals surface area contributed by atoms with Crippen LogP contribution in [0.25, 0.3) is 22.0 Å². The number of anilines is 1. The lowest BCUT2D eigenvalue weighted by Crippen LogP contribution is -2.20. The minimum absolute atomic E-state index is 0.0775. The van der Waals surface area contributed by atoms with E-state index in [1.165, 1.54) is 0 Å². The standard InChI is InChI=1S/C18H17N4OS/c1-11-5-17-13(9-20-11)6-16(18(23)22(17)2)15-7-14(21-10-24)4-3-12(15)8-19/h3-7,9H,8,19H2,1-2H3,(H,21,24). The van der Waals surface area contributed by atoms with Crippen molar-refractivity contribution in [3.8, 4) is 11.1 Å². The number of thiocarbonyl (C=S) groups is 1. The number of benzene rings is 1. The molecule has 0 fully saturated rings. The highest BCUT2D eigenvalue weighted by molar-refractivity contribution is 7.79. The summed E-state index contributed by atoms with van der Waals surface area (Å²) in [6.07, 6.45) is 1.78. The van der Waals surface area contributed by atoms with E-state index in [0.717, 1.165) is 33.4 Å². The number of nitrogens with two attached hydrogens (primary N) is 1. The summed E-state index contributed by atoms with van der Waals surface area (Å²) < 4.78 is 1.64. The van der Waals surface area contributed by atoms with Crippen molar-refractivity contribution < 1.29 is 0 Å². The van der Waals surface area contributed by atoms with Crippen molar-refractivity contribution in [2.45, 2.75) is 13.5 Å². The van der Waals surface area contributed by atoms with Gasteiger partial charge in [-0.25, -0.2) is 0 Å². The highest BCUT2D eigenvalue weighted by atomic mass is 32.1. The quantitative estimate of drug-likeness (QED) is 0.565. The topological polar surface area (TPSA) is 72.9 Å². The first-order valence-electron chi connectivity index (χ1n) is 7.48. The van der Waals surface area contributed by atoms with E-state index in [1.54, 1.807) is 17.8 Å². The van der Waals surface area contributed by atoms with Crippen molar-refractivity contribution in [2.24, 2.45) is 12.8 Å². The molecule has 0 amide bonds. The summed E-state index contributed by atoms with van der Waals surface area (Å²) in [5.74, 6) is 0. The number of aryl methyl sites for hydroxylation is 2. The van der Waals surface area contributed by atoms with E-state index in [2.05, 4.69) is 15.8 Å². The molecule has 0 spiro atoms. The van der Waals surface area contributed by atoms with Crippen molar-refractivity contribution in [1.29, 1.82) is 0 Å². The summed E-state index contributed by atoms with van der Waals surface area (Å²) in [7, 11) is 1.77. The Kier molecular flexibility index (Phi) is 4.42. The van der Waals surface area contributed by atoms with E-state index < -0.39 is 0 Å². The first kappa shape index (κ1) is 16.3. The molecular weight excluding hydrogens is 320 g/mol. The van der Waals surface area contributed by atoms with Crippen LogP contribution in [0.1, 0.15) is 11.3 Å². The van der Waals surface area contributed by atoms with Crippen molar-refractivity contribution >= 4 is 34.3 Å². The van der Waals surface area contributed by atoms with Crippen LogP contribution in [0.5, 0.6) is 0 Å². The maximum Gasteiger partial charge on any atom is 0.258 e. The molecule has 0 bridgehead atoms. The fourth-order valence-corrected chi connectivity index (χ4v) is 2.92. The summed E-state index contributed by atoms with van der Waals surface area (Å²) >= 11 is 4.72. The molecule has 0 saturated heterocycles. The van der Waals surface area contributed by atoms with Gasteiger partial charge in [0.25, 0.3) is 5.56 Å². The van der Waals surface area contributed by atoms with Crippen LogP contribution in [-0.4, -0.2) is 15.0 Å². The normalized spacial score (nSPS) is 10.8. The molecule has 0 aliphatic heterocycles. The number of pyridine rings is 2. The fourth-order valence-electron chi connectivity index (χ4n) is 2.80. The van der Waals surface area contributed by atoms with Crippen LogP contribution in [0.2, 0.25) is 0 Å². The van der Waals surface area contributed by atoms with E-state index in [9.17, 15) is 4.79 Å². The smallest absolute Gasteiger partial charge is 0.258 e. The lowest BCUT2D eigenvalue weighted by molar-refractivity contribution is 0.904. The maximum atomic E-state index is 12.9. The van der Waals surface area contributed by atoms with Crippen molar-refractivity contribution in [3.63, 3.8) is 0 Å². The Morgan fingerprint density at radius 2 is 2.08 bits per heavy atom. The third-order valence-electron chi connectivity index (χ3n) is 4.06. The zero-order chi connectivity index (χ0) is 17.3. The molecule has 0 saturated carbocycles. The lowest BCUT2D eigenvalue weighted by Gasteiger charge is -2.13. The van der Waals surface area contributed by atoms with Crippen LogP contribution >= 0.6 is 12.2 Å². The number of fused-ring (bicyclic) bond motifs is 1. The average molecular weight is 337 g/mol. The number of aromatic nitrogens is 2. The Morgan fingerprint density at radius 1 is 1.29 bits per heavy atom. The predicted octanol–water partition coefficient (Wildman–Crippen LogP) is 2.61. The zero-order valence-corrected chi connectivity index (χ0v) is 14.3. The average Bonchev–Trinajstić information content (AvgIpc) is 2.59. The number of hydrogen-bond donors (Lipinski definition) is 2. The summed E-state index contributed by atoms with van der Waals surface area (Å²) in [6.45, 7) is 2.24. The van der Waals surface area contributed by atoms with Crippen molar-refractivity contribution in [2.75, 3.05) is 5.32 Å². The number of rotatable bonds is 4. The van der Waals surface area contributed by atoms with Gasteiger partial charge >= 0.3 is 0 Å². The van der Waals surface area contributed by atoms with Crippen LogP contribution in [0.3, 0.4) is 0 Å². The molecule has 1 aromatic carbocycles. The van der Waals surface area contributed by atoms with Crippen LogP contribution in [0.15, 0.2) is 41.3 Å². The van der Waals surface area contributed by atoms with Gasteiger partial charge in [-0.05, 0) is 42.3 Å². The number of hydrogen-bond acceptors (Lipinski definition) is 4. The minimum Gasteiger partial charge on any atom is -0.344 e. The third-order valence-corrected chi connectivity index (χ3v) is 4.16. The first-order chi connectivity index (χ1) is 11.5. The van der Waals surface area contributed by atoms with Gasteiger partial charge in [0.15, 0.2) is 0 Å². The third kappa shape index (κ3) is 2.81. The van der Waals surface area contributed by atoms with E-state index in [0.29, 0.717) is 12.1 Å². The molecule has 3 aromatic rings. The molecule has 24 heavy (non-hydrogen) atoms. The predicted molar refractivity (Wildman–Crippen MR) is 101 cm³/mol. The molecular formula is C18H17N4OS. The summed E-state index contributed by atoms with van der Waals surface area (Å²) in [6, 6.07) is 9.39. The molecule has 2 heterocycles. The Morgan fingerprint density at radius 3 is 2.79 bits per heavy atom. The lowest BCUT2D eigenvalue weighted by atomic mass is 9.98. The largest absolute Gasteiger partial charge is 0.344 e. The maximum absolute atomic E-state index is 12.9. The zero-order valence-electron chi connectivity index (χ0n) is 13.5. The molecule has 0 aliphatic rings. The number of nitrogens with one attached hydrogen (secondary N) is 1. The van der Waals surface area contributed by atoms with E-state index in [4.69, 9.17) is 18.0 Å². The summed E-state index contributed by atoms with van der Waals surface area (Å²) in [5.41, 5.74) is 13.0. The van der Waals surface area contributed by atoms with Gasteiger partial charge < -0.3 is 15.6 Å². The second-order valence-electron chi connectivity index (χ2n) is 5.61. The van der Waals surface area contributed by atoms with Gasteiger partial charge in [-0.15, -0.1) is 0 Å². The molecule has 5 nitrogen and oxygen atoms in total. The molecule has 0 atom stereocenters. The van der Waals surface area contributed by atoms with Gasteiger partial charge in [0.2, 0.25) is 0 Å². The van der Waals surface area contributed by atoms with E-state index in [-0.39, 0.29) is 5.56 Å². The Balaban J connectivity index is 2.31. The van der Waals surface area contributed by atoms with E-state index in [1.807, 2.05) is 37.3 Å². The monoisotopic (exact) mass is 337 g/mol. The first-order valence-corrected chi connectivity index (χ1v) is 7.89. The van der Waals surface area contributed by atoms with Gasteiger partial charge in [-0.1, -0.05) is 18.3 Å². The van der Waals surface area contributed by atoms with Crippen molar-refractivity contribution in [3.05, 3.63) is 58.1 Å². The molecule has 2 aromatic heterocycles. The molecule has 1 radical (unpaired) electrons. The second kappa shape index (κ2) is 6.51. The van der Waals surface area contributed by atoms with Crippen LogP contribution in [0, 0.1) is 6.92 Å². The van der Waals surface area contributed by atoms with Gasteiger partial charge in [-0.2, -0.15) is 0 Å². The Bertz CT molecular complexity index is 994. The number of nitrogens with zero attached hydrogens (tertiary/aromatic N) is 2. The highest BCUT2D eigenvalue weighted by Crippen LogP contribution is 2.27. The molecule has 3 N–H and O–H groups in total. The van der Waals surface area contributed by atoms with Gasteiger partial charge in [0.05, 0.1) is 5.52 Å². The van der Waals surface area contributed by atoms with Gasteiger partial charge in [-0.3, -0.25) is 9.78 Å². The summed E-state index contributed by atoms with van der Waals surface area (Å²) in [5, 5.41) is 3.75. The molecule has 0 unspecified atom stereocenters. The molecule has 6 heteroatoms. The van der Waals surface area contributed by atoms with Crippen LogP contribution in [-0.2, 0) is 13.6 Å². The Hall–Kier alpha value is -2.57. The SMILES string of the molecule is Cc1cc2c(cn1)cc(-c1cc(N[C]=S)ccc1CN)c(=O)n2C. The van der Waals surface area contributed by atoms with Crippen molar-refractivity contribution in [1.82, 2.24) is 9.55 Å². The fraction of sp³-hybridized carbons (Fsp3) is 0.167. The highest BCUT2D eigenvalue weighted by Gasteiger charge is 2.13. The van der Waals surface area contributed by atoms with Crippen LogP contribution in [0.4, 0.5) is 5.69 Å². The minimum atomic E-state index is -0.0775. The summed E-state index contributed by atoms with van der Waals surface area (Å²) in [4.78, 5) is 17.2.